The molecule has 4 heteroatoms. The summed E-state index contributed by atoms with van der Waals surface area (Å²) < 4.78 is 0. The number of nitrogens with one attached hydrogen (secondary N) is 2. The molecule has 1 saturated heterocycles. The highest BCUT2D eigenvalue weighted by molar-refractivity contribution is 5.82. The summed E-state index contributed by atoms with van der Waals surface area (Å²) in [5.41, 5.74) is 3.51. The third-order valence-corrected chi connectivity index (χ3v) is 3.68. The van der Waals surface area contributed by atoms with E-state index in [-0.39, 0.29) is 18.0 Å². The molecule has 3 N–H and O–H groups in total. The van der Waals surface area contributed by atoms with Gasteiger partial charge in [0.2, 0.25) is 5.91 Å². The van der Waals surface area contributed by atoms with Gasteiger partial charge in [-0.1, -0.05) is 23.8 Å². The number of β-amino-alcohol motifs (C(OH)–C–C–N with tert-alkyl or cyclic N) is 1. The summed E-state index contributed by atoms with van der Waals surface area (Å²) in [7, 11) is 0. The molecule has 1 aliphatic heterocycles. The molecule has 2 rings (SSSR count). The van der Waals surface area contributed by atoms with Crippen LogP contribution in [0.4, 0.5) is 0 Å². The highest BCUT2D eigenvalue weighted by atomic mass is 16.3. The van der Waals surface area contributed by atoms with Gasteiger partial charge < -0.3 is 15.7 Å². The molecule has 0 spiro atoms. The molecule has 0 aliphatic carbocycles. The maximum Gasteiger partial charge on any atom is 0.237 e. The number of amides is 1. The lowest BCUT2D eigenvalue weighted by Gasteiger charge is -2.19. The average Bonchev–Trinajstić information content (AvgIpc) is 2.79. The van der Waals surface area contributed by atoms with Gasteiger partial charge >= 0.3 is 0 Å². The lowest BCUT2D eigenvalue weighted by molar-refractivity contribution is -0.123. The van der Waals surface area contributed by atoms with Gasteiger partial charge in [-0.2, -0.15) is 0 Å². The largest absolute Gasteiger partial charge is 0.392 e. The molecule has 3 atom stereocenters. The van der Waals surface area contributed by atoms with Crippen molar-refractivity contribution < 1.29 is 9.90 Å². The number of benzene rings is 1. The van der Waals surface area contributed by atoms with Crippen molar-refractivity contribution in [1.82, 2.24) is 10.6 Å². The van der Waals surface area contributed by atoms with E-state index >= 15 is 0 Å². The summed E-state index contributed by atoms with van der Waals surface area (Å²) in [6, 6.07) is 5.96. The molecule has 19 heavy (non-hydrogen) atoms. The van der Waals surface area contributed by atoms with Crippen LogP contribution in [0.2, 0.25) is 0 Å². The summed E-state index contributed by atoms with van der Waals surface area (Å²) in [5.74, 6) is -0.0371. The van der Waals surface area contributed by atoms with Gasteiger partial charge in [0.15, 0.2) is 0 Å². The molecule has 0 bridgehead atoms. The zero-order valence-electron chi connectivity index (χ0n) is 11.7. The normalized spacial score (nSPS) is 24.2. The number of hydrogen-bond donors (Lipinski definition) is 3. The fourth-order valence-corrected chi connectivity index (χ4v) is 2.53. The van der Waals surface area contributed by atoms with Crippen molar-refractivity contribution in [1.29, 1.82) is 0 Å². The standard InChI is InChI=1S/C15H22N2O2/c1-9-4-5-10(2)13(6-9)11(3)17-15(19)14-7-12(18)8-16-14/h4-6,11-12,14,16,18H,7-8H2,1-3H3,(H,17,19). The van der Waals surface area contributed by atoms with Crippen LogP contribution in [0.5, 0.6) is 0 Å². The predicted octanol–water partition coefficient (Wildman–Crippen LogP) is 1.20. The summed E-state index contributed by atoms with van der Waals surface area (Å²) in [6.45, 7) is 6.59. The molecule has 3 unspecified atom stereocenters. The molecular weight excluding hydrogens is 240 g/mol. The van der Waals surface area contributed by atoms with E-state index in [0.717, 1.165) is 5.56 Å². The highest BCUT2D eigenvalue weighted by Crippen LogP contribution is 2.19. The van der Waals surface area contributed by atoms with Crippen LogP contribution in [0.25, 0.3) is 0 Å². The van der Waals surface area contributed by atoms with E-state index in [0.29, 0.717) is 13.0 Å². The van der Waals surface area contributed by atoms with Gasteiger partial charge in [0.1, 0.15) is 0 Å². The van der Waals surface area contributed by atoms with Gasteiger partial charge in [0.05, 0.1) is 18.2 Å². The van der Waals surface area contributed by atoms with Gasteiger partial charge in [-0.3, -0.25) is 4.79 Å². The molecule has 1 fully saturated rings. The van der Waals surface area contributed by atoms with E-state index in [1.807, 2.05) is 13.8 Å². The molecule has 104 valence electrons. The summed E-state index contributed by atoms with van der Waals surface area (Å²) in [4.78, 5) is 12.1. The van der Waals surface area contributed by atoms with Crippen LogP contribution in [-0.2, 0) is 4.79 Å². The predicted molar refractivity (Wildman–Crippen MR) is 74.9 cm³/mol. The van der Waals surface area contributed by atoms with Gasteiger partial charge in [-0.25, -0.2) is 0 Å². The first-order valence-corrected chi connectivity index (χ1v) is 6.76. The Hall–Kier alpha value is -1.39. The maximum atomic E-state index is 12.1. The molecule has 1 aromatic carbocycles. The van der Waals surface area contributed by atoms with Crippen molar-refractivity contribution in [3.63, 3.8) is 0 Å². The Balaban J connectivity index is 2.02. The van der Waals surface area contributed by atoms with Crippen LogP contribution in [-0.4, -0.2) is 29.7 Å². The summed E-state index contributed by atoms with van der Waals surface area (Å²) >= 11 is 0. The molecule has 0 aromatic heterocycles. The number of carbonyl (C=O) groups is 1. The number of aryl methyl sites for hydroxylation is 2. The minimum atomic E-state index is -0.410. The Morgan fingerprint density at radius 3 is 2.84 bits per heavy atom. The SMILES string of the molecule is Cc1ccc(C)c(C(C)NC(=O)C2CC(O)CN2)c1. The lowest BCUT2D eigenvalue weighted by atomic mass is 9.99. The van der Waals surface area contributed by atoms with Crippen LogP contribution in [0.15, 0.2) is 18.2 Å². The van der Waals surface area contributed by atoms with Gasteiger partial charge in [-0.15, -0.1) is 0 Å². The Labute approximate surface area is 114 Å². The van der Waals surface area contributed by atoms with E-state index in [2.05, 4.69) is 35.8 Å². The van der Waals surface area contributed by atoms with Crippen molar-refractivity contribution in [2.24, 2.45) is 0 Å². The first-order valence-electron chi connectivity index (χ1n) is 6.76. The fourth-order valence-electron chi connectivity index (χ4n) is 2.53. The lowest BCUT2D eigenvalue weighted by Crippen LogP contribution is -2.41. The fraction of sp³-hybridized carbons (Fsp3) is 0.533. The Bertz CT molecular complexity index is 473. The summed E-state index contributed by atoms with van der Waals surface area (Å²) in [5, 5.41) is 15.5. The second kappa shape index (κ2) is 5.72. The van der Waals surface area contributed by atoms with Gasteiger partial charge in [0, 0.05) is 6.54 Å². The number of rotatable bonds is 3. The molecule has 1 aromatic rings. The van der Waals surface area contributed by atoms with Crippen molar-refractivity contribution in [2.75, 3.05) is 6.54 Å². The molecule has 0 radical (unpaired) electrons. The van der Waals surface area contributed by atoms with Crippen molar-refractivity contribution in [3.8, 4) is 0 Å². The van der Waals surface area contributed by atoms with E-state index in [1.54, 1.807) is 0 Å². The molecule has 1 aliphatic rings. The van der Waals surface area contributed by atoms with E-state index in [4.69, 9.17) is 0 Å². The number of hydrogen-bond acceptors (Lipinski definition) is 3. The Morgan fingerprint density at radius 1 is 1.47 bits per heavy atom. The molecular formula is C15H22N2O2. The second-order valence-electron chi connectivity index (χ2n) is 5.44. The van der Waals surface area contributed by atoms with Crippen LogP contribution < -0.4 is 10.6 Å². The zero-order valence-corrected chi connectivity index (χ0v) is 11.7. The quantitative estimate of drug-likeness (QED) is 0.767. The van der Waals surface area contributed by atoms with Crippen molar-refractivity contribution in [2.45, 2.75) is 45.4 Å². The molecule has 1 amide bonds. The van der Waals surface area contributed by atoms with Crippen LogP contribution >= 0.6 is 0 Å². The first kappa shape index (κ1) is 14.0. The molecule has 1 heterocycles. The van der Waals surface area contributed by atoms with Crippen LogP contribution in [0.3, 0.4) is 0 Å². The molecule has 0 saturated carbocycles. The van der Waals surface area contributed by atoms with E-state index in [9.17, 15) is 9.90 Å². The van der Waals surface area contributed by atoms with E-state index < -0.39 is 6.10 Å². The first-order chi connectivity index (χ1) is 8.97. The van der Waals surface area contributed by atoms with E-state index in [1.165, 1.54) is 11.1 Å². The number of carbonyl (C=O) groups excluding carboxylic acids is 1. The maximum absolute atomic E-state index is 12.1. The highest BCUT2D eigenvalue weighted by Gasteiger charge is 2.28. The Morgan fingerprint density at radius 2 is 2.21 bits per heavy atom. The number of aliphatic hydroxyl groups excluding tert-OH is 1. The smallest absolute Gasteiger partial charge is 0.237 e. The third-order valence-electron chi connectivity index (χ3n) is 3.68. The number of aliphatic hydroxyl groups is 1. The third kappa shape index (κ3) is 3.33. The van der Waals surface area contributed by atoms with Crippen LogP contribution in [0, 0.1) is 13.8 Å². The Kier molecular flexibility index (Phi) is 4.22. The van der Waals surface area contributed by atoms with Gasteiger partial charge in [0.25, 0.3) is 0 Å². The monoisotopic (exact) mass is 262 g/mol. The minimum absolute atomic E-state index is 0.0213. The summed E-state index contributed by atoms with van der Waals surface area (Å²) in [6.07, 6.45) is 0.0810. The topological polar surface area (TPSA) is 61.4 Å². The zero-order chi connectivity index (χ0) is 14.0. The van der Waals surface area contributed by atoms with Gasteiger partial charge in [-0.05, 0) is 38.3 Å². The van der Waals surface area contributed by atoms with Crippen molar-refractivity contribution in [3.05, 3.63) is 34.9 Å². The average molecular weight is 262 g/mol. The minimum Gasteiger partial charge on any atom is -0.392 e. The van der Waals surface area contributed by atoms with Crippen molar-refractivity contribution >= 4 is 5.91 Å². The second-order valence-corrected chi connectivity index (χ2v) is 5.44. The van der Waals surface area contributed by atoms with Crippen LogP contribution in [0.1, 0.15) is 36.1 Å². The molecule has 4 nitrogen and oxygen atoms in total.